The van der Waals surface area contributed by atoms with Crippen LogP contribution in [0.2, 0.25) is 0 Å². The van der Waals surface area contributed by atoms with Crippen molar-refractivity contribution in [3.63, 3.8) is 0 Å². The molecule has 20 heavy (non-hydrogen) atoms. The van der Waals surface area contributed by atoms with Crippen LogP contribution >= 0.6 is 11.3 Å². The van der Waals surface area contributed by atoms with E-state index in [4.69, 9.17) is 0 Å². The fourth-order valence-corrected chi connectivity index (χ4v) is 5.08. The summed E-state index contributed by atoms with van der Waals surface area (Å²) in [7, 11) is -3.53. The van der Waals surface area contributed by atoms with Crippen molar-refractivity contribution in [2.45, 2.75) is 30.9 Å². The maximum atomic E-state index is 12.5. The Morgan fingerprint density at radius 2 is 2.10 bits per heavy atom. The van der Waals surface area contributed by atoms with E-state index in [1.54, 1.807) is 11.0 Å². The van der Waals surface area contributed by atoms with Crippen LogP contribution in [0.15, 0.2) is 15.7 Å². The number of aryl methyl sites for hydroxylation is 1. The first kappa shape index (κ1) is 15.5. The highest BCUT2D eigenvalue weighted by Crippen LogP contribution is 2.24. The van der Waals surface area contributed by atoms with Gasteiger partial charge >= 0.3 is 0 Å². The lowest BCUT2D eigenvalue weighted by Crippen LogP contribution is -2.39. The maximum Gasteiger partial charge on any atom is 0.253 e. The molecule has 1 saturated heterocycles. The Bertz CT molecular complexity index is 580. The smallest absolute Gasteiger partial charge is 0.253 e. The molecular formula is C13H20N2O3S2. The predicted molar refractivity (Wildman–Crippen MR) is 79.3 cm³/mol. The van der Waals surface area contributed by atoms with Gasteiger partial charge in [0.05, 0.1) is 6.54 Å². The third-order valence-electron chi connectivity index (χ3n) is 3.29. The molecule has 0 atom stereocenters. The monoisotopic (exact) mass is 316 g/mol. The zero-order chi connectivity index (χ0) is 14.8. The molecule has 1 aromatic heterocycles. The lowest BCUT2D eigenvalue weighted by Gasteiger charge is -2.20. The molecule has 1 fully saturated rings. The van der Waals surface area contributed by atoms with Crippen LogP contribution in [-0.2, 0) is 14.8 Å². The number of thiophene rings is 1. The summed E-state index contributed by atoms with van der Waals surface area (Å²) in [6, 6.07) is 1.67. The van der Waals surface area contributed by atoms with E-state index in [2.05, 4.69) is 0 Å². The number of carbonyl (C=O) groups excluding carboxylic acids is 1. The molecule has 1 aliphatic heterocycles. The van der Waals surface area contributed by atoms with E-state index in [1.165, 1.54) is 15.6 Å². The average molecular weight is 316 g/mol. The van der Waals surface area contributed by atoms with Gasteiger partial charge in [-0.05, 0) is 36.8 Å². The first-order valence-corrected chi connectivity index (χ1v) is 9.10. The fraction of sp³-hybridized carbons (Fsp3) is 0.615. The van der Waals surface area contributed by atoms with Crippen molar-refractivity contribution in [2.75, 3.05) is 26.2 Å². The summed E-state index contributed by atoms with van der Waals surface area (Å²) in [5.41, 5.74) is 0.933. The van der Waals surface area contributed by atoms with Crippen molar-refractivity contribution in [2.24, 2.45) is 0 Å². The molecular weight excluding hydrogens is 296 g/mol. The summed E-state index contributed by atoms with van der Waals surface area (Å²) in [5.74, 6) is -0.0961. The molecule has 0 spiro atoms. The Morgan fingerprint density at radius 3 is 2.70 bits per heavy atom. The van der Waals surface area contributed by atoms with E-state index in [0.29, 0.717) is 30.3 Å². The molecule has 0 N–H and O–H groups in total. The largest absolute Gasteiger partial charge is 0.342 e. The predicted octanol–water partition coefficient (Wildman–Crippen LogP) is 1.69. The molecule has 1 amide bonds. The number of hydrogen-bond acceptors (Lipinski definition) is 4. The molecule has 2 rings (SSSR count). The maximum absolute atomic E-state index is 12.5. The van der Waals surface area contributed by atoms with Gasteiger partial charge in [0.2, 0.25) is 5.91 Å². The summed E-state index contributed by atoms with van der Waals surface area (Å²) in [5, 5.41) is 1.82. The van der Waals surface area contributed by atoms with Gasteiger partial charge in [0.1, 0.15) is 4.21 Å². The molecule has 0 bridgehead atoms. The molecule has 1 aromatic rings. The second-order valence-corrected chi connectivity index (χ2v) is 8.09. The SMILES string of the molecule is CCCN1CCCN(S(=O)(=O)c2cc(C)cs2)CC1=O. The van der Waals surface area contributed by atoms with Gasteiger partial charge in [-0.2, -0.15) is 4.31 Å². The Hall–Kier alpha value is -0.920. The molecule has 0 saturated carbocycles. The van der Waals surface area contributed by atoms with E-state index in [0.717, 1.165) is 12.0 Å². The first-order valence-electron chi connectivity index (χ1n) is 6.78. The van der Waals surface area contributed by atoms with Gasteiger partial charge in [-0.1, -0.05) is 6.92 Å². The zero-order valence-electron chi connectivity index (χ0n) is 11.8. The van der Waals surface area contributed by atoms with E-state index in [1.807, 2.05) is 19.2 Å². The lowest BCUT2D eigenvalue weighted by atomic mass is 10.3. The van der Waals surface area contributed by atoms with Crippen molar-refractivity contribution >= 4 is 27.3 Å². The van der Waals surface area contributed by atoms with Crippen molar-refractivity contribution in [1.82, 2.24) is 9.21 Å². The van der Waals surface area contributed by atoms with Crippen LogP contribution in [0.4, 0.5) is 0 Å². The molecule has 0 radical (unpaired) electrons. The third kappa shape index (κ3) is 3.21. The molecule has 2 heterocycles. The number of hydrogen-bond donors (Lipinski definition) is 0. The second kappa shape index (κ2) is 6.24. The molecule has 1 aliphatic rings. The van der Waals surface area contributed by atoms with Crippen LogP contribution in [0.5, 0.6) is 0 Å². The van der Waals surface area contributed by atoms with Crippen LogP contribution < -0.4 is 0 Å². The van der Waals surface area contributed by atoms with Gasteiger partial charge in [-0.3, -0.25) is 4.79 Å². The Balaban J connectivity index is 2.19. The normalized spacial score (nSPS) is 18.3. The lowest BCUT2D eigenvalue weighted by molar-refractivity contribution is -0.130. The van der Waals surface area contributed by atoms with Gasteiger partial charge in [-0.25, -0.2) is 8.42 Å². The molecule has 5 nitrogen and oxygen atoms in total. The fourth-order valence-electron chi connectivity index (χ4n) is 2.27. The highest BCUT2D eigenvalue weighted by molar-refractivity contribution is 7.91. The van der Waals surface area contributed by atoms with E-state index >= 15 is 0 Å². The van der Waals surface area contributed by atoms with Crippen molar-refractivity contribution in [3.05, 3.63) is 17.0 Å². The first-order chi connectivity index (χ1) is 9.45. The van der Waals surface area contributed by atoms with Crippen molar-refractivity contribution in [3.8, 4) is 0 Å². The van der Waals surface area contributed by atoms with Crippen LogP contribution in [0.25, 0.3) is 0 Å². The average Bonchev–Trinajstić information content (AvgIpc) is 2.74. The number of sulfonamides is 1. The van der Waals surface area contributed by atoms with E-state index in [-0.39, 0.29) is 12.5 Å². The van der Waals surface area contributed by atoms with Crippen molar-refractivity contribution < 1.29 is 13.2 Å². The number of amides is 1. The number of carbonyl (C=O) groups is 1. The number of rotatable bonds is 4. The van der Waals surface area contributed by atoms with Gasteiger partial charge in [0.25, 0.3) is 10.0 Å². The Labute approximate surface area is 124 Å². The highest BCUT2D eigenvalue weighted by Gasteiger charge is 2.31. The summed E-state index contributed by atoms with van der Waals surface area (Å²) in [6.45, 7) is 5.59. The van der Waals surface area contributed by atoms with Crippen LogP contribution in [0, 0.1) is 6.92 Å². The topological polar surface area (TPSA) is 57.7 Å². The summed E-state index contributed by atoms with van der Waals surface area (Å²) in [4.78, 5) is 13.9. The molecule has 0 aromatic carbocycles. The van der Waals surface area contributed by atoms with Crippen LogP contribution in [-0.4, -0.2) is 49.7 Å². The van der Waals surface area contributed by atoms with Gasteiger partial charge < -0.3 is 4.90 Å². The number of nitrogens with zero attached hydrogens (tertiary/aromatic N) is 2. The minimum atomic E-state index is -3.53. The highest BCUT2D eigenvalue weighted by atomic mass is 32.2. The third-order valence-corrected chi connectivity index (χ3v) is 6.67. The van der Waals surface area contributed by atoms with Crippen molar-refractivity contribution in [1.29, 1.82) is 0 Å². The van der Waals surface area contributed by atoms with Crippen LogP contribution in [0.1, 0.15) is 25.3 Å². The molecule has 0 aliphatic carbocycles. The Kier molecular flexibility index (Phi) is 4.82. The molecule has 112 valence electrons. The van der Waals surface area contributed by atoms with Crippen LogP contribution in [0.3, 0.4) is 0 Å². The molecule has 0 unspecified atom stereocenters. The summed E-state index contributed by atoms with van der Waals surface area (Å²) >= 11 is 1.21. The van der Waals surface area contributed by atoms with Gasteiger partial charge in [-0.15, -0.1) is 11.3 Å². The standard InChI is InChI=1S/C13H20N2O3S2/c1-3-5-14-6-4-7-15(9-12(14)16)20(17,18)13-8-11(2)10-19-13/h8,10H,3-7,9H2,1-2H3. The summed E-state index contributed by atoms with van der Waals surface area (Å²) in [6.07, 6.45) is 1.58. The Morgan fingerprint density at radius 1 is 1.35 bits per heavy atom. The zero-order valence-corrected chi connectivity index (χ0v) is 13.5. The van der Waals surface area contributed by atoms with Gasteiger partial charge in [0, 0.05) is 19.6 Å². The second-order valence-electron chi connectivity index (χ2n) is 5.02. The van der Waals surface area contributed by atoms with Gasteiger partial charge in [0.15, 0.2) is 0 Å². The molecule has 7 heteroatoms. The minimum Gasteiger partial charge on any atom is -0.342 e. The quantitative estimate of drug-likeness (QED) is 0.849. The summed E-state index contributed by atoms with van der Waals surface area (Å²) < 4.78 is 26.7. The van der Waals surface area contributed by atoms with E-state index in [9.17, 15) is 13.2 Å². The minimum absolute atomic E-state index is 0.0424. The van der Waals surface area contributed by atoms with E-state index < -0.39 is 10.0 Å².